The van der Waals surface area contributed by atoms with E-state index in [1.165, 1.54) is 17.5 Å². The molecule has 1 aromatic rings. The Hall–Kier alpha value is -0.500. The molecule has 0 saturated carbocycles. The molecule has 1 aliphatic rings. The van der Waals surface area contributed by atoms with Crippen LogP contribution in [0.4, 0.5) is 0 Å². The number of hydrogen-bond donors (Lipinski definition) is 2. The van der Waals surface area contributed by atoms with Crippen LogP contribution in [0, 0.1) is 12.3 Å². The number of nitrogens with one attached hydrogen (secondary N) is 2. The third-order valence-electron chi connectivity index (χ3n) is 3.24. The monoisotopic (exact) mass is 289 g/mol. The summed E-state index contributed by atoms with van der Waals surface area (Å²) >= 11 is 1.20. The van der Waals surface area contributed by atoms with Crippen LogP contribution in [-0.2, 0) is 10.0 Å². The standard InChI is InChI=1S/C11H19N3O2S2/c1-9-13-6-10(17-9)18(15,16)14-8-11(2)4-3-5-12-7-11/h6,12,14H,3-5,7-8H2,1-2H3. The maximum atomic E-state index is 12.1. The first-order valence-electron chi connectivity index (χ1n) is 6.04. The Balaban J connectivity index is 2.01. The molecule has 1 aromatic heterocycles. The minimum atomic E-state index is -3.40. The molecule has 1 atom stereocenters. The van der Waals surface area contributed by atoms with Crippen molar-refractivity contribution >= 4 is 21.4 Å². The molecule has 0 amide bonds. The second-order valence-corrected chi connectivity index (χ2v) is 8.34. The molecule has 102 valence electrons. The summed E-state index contributed by atoms with van der Waals surface area (Å²) in [6, 6.07) is 0. The van der Waals surface area contributed by atoms with Gasteiger partial charge in [0.05, 0.1) is 11.2 Å². The van der Waals surface area contributed by atoms with Gasteiger partial charge in [0.1, 0.15) is 0 Å². The molecule has 18 heavy (non-hydrogen) atoms. The first kappa shape index (κ1) is 13.9. The highest BCUT2D eigenvalue weighted by molar-refractivity contribution is 7.91. The fourth-order valence-electron chi connectivity index (χ4n) is 2.08. The van der Waals surface area contributed by atoms with Gasteiger partial charge in [-0.25, -0.2) is 18.1 Å². The van der Waals surface area contributed by atoms with Gasteiger partial charge >= 0.3 is 0 Å². The van der Waals surface area contributed by atoms with Crippen molar-refractivity contribution in [2.45, 2.75) is 30.9 Å². The summed E-state index contributed by atoms with van der Waals surface area (Å²) in [6.07, 6.45) is 3.56. The molecule has 1 aliphatic heterocycles. The molecule has 5 nitrogen and oxygen atoms in total. The fourth-order valence-corrected chi connectivity index (χ4v) is 4.43. The Morgan fingerprint density at radius 1 is 1.61 bits per heavy atom. The summed E-state index contributed by atoms with van der Waals surface area (Å²) in [4.78, 5) is 3.98. The van der Waals surface area contributed by atoms with Crippen LogP contribution < -0.4 is 10.0 Å². The average molecular weight is 289 g/mol. The molecule has 0 aliphatic carbocycles. The van der Waals surface area contributed by atoms with E-state index in [1.807, 2.05) is 0 Å². The van der Waals surface area contributed by atoms with Crippen LogP contribution in [0.3, 0.4) is 0 Å². The van der Waals surface area contributed by atoms with Crippen molar-refractivity contribution in [3.05, 3.63) is 11.2 Å². The van der Waals surface area contributed by atoms with Crippen molar-refractivity contribution in [3.8, 4) is 0 Å². The number of thiazole rings is 1. The second-order valence-electron chi connectivity index (χ2n) is 5.11. The number of nitrogens with zero attached hydrogens (tertiary/aromatic N) is 1. The smallest absolute Gasteiger partial charge is 0.251 e. The van der Waals surface area contributed by atoms with Gasteiger partial charge in [-0.1, -0.05) is 6.92 Å². The van der Waals surface area contributed by atoms with E-state index in [4.69, 9.17) is 0 Å². The molecule has 0 radical (unpaired) electrons. The highest BCUT2D eigenvalue weighted by atomic mass is 32.2. The van der Waals surface area contributed by atoms with E-state index >= 15 is 0 Å². The van der Waals surface area contributed by atoms with Crippen LogP contribution in [0.25, 0.3) is 0 Å². The lowest BCUT2D eigenvalue weighted by atomic mass is 9.83. The Bertz CT molecular complexity index is 504. The number of rotatable bonds is 4. The van der Waals surface area contributed by atoms with Gasteiger partial charge < -0.3 is 5.32 Å². The van der Waals surface area contributed by atoms with Crippen LogP contribution in [0.1, 0.15) is 24.8 Å². The van der Waals surface area contributed by atoms with Gasteiger partial charge in [0.25, 0.3) is 10.0 Å². The molecule has 1 unspecified atom stereocenters. The summed E-state index contributed by atoms with van der Waals surface area (Å²) in [5.41, 5.74) is 0.00501. The number of aromatic nitrogens is 1. The molecule has 0 bridgehead atoms. The van der Waals surface area contributed by atoms with E-state index < -0.39 is 10.0 Å². The van der Waals surface area contributed by atoms with Crippen molar-refractivity contribution in [2.75, 3.05) is 19.6 Å². The van der Waals surface area contributed by atoms with Gasteiger partial charge in [-0.3, -0.25) is 0 Å². The number of aryl methyl sites for hydroxylation is 1. The molecular formula is C11H19N3O2S2. The van der Waals surface area contributed by atoms with Crippen molar-refractivity contribution in [2.24, 2.45) is 5.41 Å². The van der Waals surface area contributed by atoms with Crippen LogP contribution in [0.15, 0.2) is 10.4 Å². The van der Waals surface area contributed by atoms with E-state index in [9.17, 15) is 8.42 Å². The molecule has 7 heteroatoms. The SMILES string of the molecule is Cc1ncc(S(=O)(=O)NCC2(C)CCCNC2)s1. The van der Waals surface area contributed by atoms with Gasteiger partial charge in [0.15, 0.2) is 4.21 Å². The second kappa shape index (κ2) is 5.24. The van der Waals surface area contributed by atoms with Crippen LogP contribution >= 0.6 is 11.3 Å². The van der Waals surface area contributed by atoms with Crippen molar-refractivity contribution < 1.29 is 8.42 Å². The van der Waals surface area contributed by atoms with Gasteiger partial charge in [-0.05, 0) is 31.7 Å². The summed E-state index contributed by atoms with van der Waals surface area (Å²) in [5.74, 6) is 0. The molecule has 2 N–H and O–H groups in total. The van der Waals surface area contributed by atoms with Crippen LogP contribution in [0.2, 0.25) is 0 Å². The zero-order valence-corrected chi connectivity index (χ0v) is 12.3. The highest BCUT2D eigenvalue weighted by Crippen LogP contribution is 2.25. The Morgan fingerprint density at radius 2 is 2.39 bits per heavy atom. The molecule has 1 fully saturated rings. The molecule has 0 aromatic carbocycles. The summed E-state index contributed by atoms with van der Waals surface area (Å²) in [5, 5.41) is 4.08. The van der Waals surface area contributed by atoms with Gasteiger partial charge in [0, 0.05) is 13.1 Å². The van der Waals surface area contributed by atoms with E-state index in [0.29, 0.717) is 10.8 Å². The lowest BCUT2D eigenvalue weighted by molar-refractivity contribution is 0.238. The topological polar surface area (TPSA) is 71.1 Å². The van der Waals surface area contributed by atoms with E-state index in [-0.39, 0.29) is 5.41 Å². The Labute approximate surface area is 112 Å². The maximum Gasteiger partial charge on any atom is 0.251 e. The highest BCUT2D eigenvalue weighted by Gasteiger charge is 2.29. The average Bonchev–Trinajstić information content (AvgIpc) is 2.76. The van der Waals surface area contributed by atoms with E-state index in [1.54, 1.807) is 6.92 Å². The van der Waals surface area contributed by atoms with E-state index in [0.717, 1.165) is 30.9 Å². The third kappa shape index (κ3) is 3.28. The zero-order valence-electron chi connectivity index (χ0n) is 10.7. The normalized spacial score (nSPS) is 25.2. The van der Waals surface area contributed by atoms with Crippen LogP contribution in [0.5, 0.6) is 0 Å². The summed E-state index contributed by atoms with van der Waals surface area (Å²) in [6.45, 7) is 6.27. The number of piperidine rings is 1. The third-order valence-corrected chi connectivity index (χ3v) is 6.01. The summed E-state index contributed by atoms with van der Waals surface area (Å²) < 4.78 is 27.1. The van der Waals surface area contributed by atoms with E-state index in [2.05, 4.69) is 21.9 Å². The zero-order chi connectivity index (χ0) is 13.2. The first-order valence-corrected chi connectivity index (χ1v) is 8.34. The maximum absolute atomic E-state index is 12.1. The fraction of sp³-hybridized carbons (Fsp3) is 0.727. The van der Waals surface area contributed by atoms with Gasteiger partial charge in [0.2, 0.25) is 0 Å². The largest absolute Gasteiger partial charge is 0.316 e. The van der Waals surface area contributed by atoms with Crippen molar-refractivity contribution in [1.29, 1.82) is 0 Å². The summed E-state index contributed by atoms with van der Waals surface area (Å²) in [7, 11) is -3.40. The van der Waals surface area contributed by atoms with Crippen molar-refractivity contribution in [1.82, 2.24) is 15.0 Å². The molecule has 2 rings (SSSR count). The minimum Gasteiger partial charge on any atom is -0.316 e. The quantitative estimate of drug-likeness (QED) is 0.871. The molecule has 2 heterocycles. The lowest BCUT2D eigenvalue weighted by Gasteiger charge is -2.34. The molecule has 1 saturated heterocycles. The first-order chi connectivity index (χ1) is 8.41. The number of sulfonamides is 1. The predicted octanol–water partition coefficient (Wildman–Crippen LogP) is 1.12. The number of hydrogen-bond acceptors (Lipinski definition) is 5. The predicted molar refractivity (Wildman–Crippen MR) is 72.3 cm³/mol. The van der Waals surface area contributed by atoms with Crippen LogP contribution in [-0.4, -0.2) is 33.0 Å². The molecule has 0 spiro atoms. The molecular weight excluding hydrogens is 270 g/mol. The van der Waals surface area contributed by atoms with Gasteiger partial charge in [-0.15, -0.1) is 11.3 Å². The Morgan fingerprint density at radius 3 is 2.94 bits per heavy atom. The Kier molecular flexibility index (Phi) is 4.05. The van der Waals surface area contributed by atoms with Crippen molar-refractivity contribution in [3.63, 3.8) is 0 Å². The van der Waals surface area contributed by atoms with Gasteiger partial charge in [-0.2, -0.15) is 0 Å². The lowest BCUT2D eigenvalue weighted by Crippen LogP contribution is -2.45. The minimum absolute atomic E-state index is 0.00501.